The van der Waals surface area contributed by atoms with Gasteiger partial charge >= 0.3 is 12.5 Å². The lowest BCUT2D eigenvalue weighted by molar-refractivity contribution is -0.274. The molecule has 9 nitrogen and oxygen atoms in total. The van der Waals surface area contributed by atoms with Crippen LogP contribution in [-0.2, 0) is 11.3 Å². The molecule has 3 heterocycles. The van der Waals surface area contributed by atoms with Gasteiger partial charge in [0, 0.05) is 18.0 Å². The zero-order valence-electron chi connectivity index (χ0n) is 20.4. The number of hydrogen-bond donors (Lipinski definition) is 1. The summed E-state index contributed by atoms with van der Waals surface area (Å²) < 4.78 is 50.5. The number of aromatic nitrogens is 5. The summed E-state index contributed by atoms with van der Waals surface area (Å²) in [5.41, 5.74) is 2.48. The maximum Gasteiger partial charge on any atom is 0.573 e. The number of halogens is 3. The van der Waals surface area contributed by atoms with E-state index in [9.17, 15) is 18.0 Å². The molecule has 0 aliphatic heterocycles. The minimum Gasteiger partial charge on any atom is -0.444 e. The molecule has 1 N–H and O–H groups in total. The third-order valence-corrected chi connectivity index (χ3v) is 5.59. The fourth-order valence-corrected chi connectivity index (χ4v) is 3.93. The van der Waals surface area contributed by atoms with Crippen molar-refractivity contribution in [2.24, 2.45) is 0 Å². The standard InChI is InChI=1S/C25H25F3N6O3/c1-24(2,3)37-23(35)30-13-20-21-19(15-12-31-33(14-15)16-4-5-16)10-11-29-22(21)34(32-20)17-6-8-18(9-7-17)36-25(26,27)28/h6-12,14,16H,4-5,13H2,1-3H3,(H,30,35). The Morgan fingerprint density at radius 2 is 1.86 bits per heavy atom. The van der Waals surface area contributed by atoms with E-state index in [1.807, 2.05) is 16.9 Å². The van der Waals surface area contributed by atoms with Crippen LogP contribution in [0, 0.1) is 0 Å². The van der Waals surface area contributed by atoms with Crippen molar-refractivity contribution in [1.29, 1.82) is 0 Å². The van der Waals surface area contributed by atoms with Gasteiger partial charge in [0.25, 0.3) is 0 Å². The van der Waals surface area contributed by atoms with Gasteiger partial charge in [0.1, 0.15) is 11.4 Å². The maximum absolute atomic E-state index is 12.6. The third-order valence-electron chi connectivity index (χ3n) is 5.59. The van der Waals surface area contributed by atoms with E-state index >= 15 is 0 Å². The van der Waals surface area contributed by atoms with Crippen LogP contribution >= 0.6 is 0 Å². The van der Waals surface area contributed by atoms with Crippen molar-refractivity contribution in [3.05, 3.63) is 54.6 Å². The molecule has 0 spiro atoms. The van der Waals surface area contributed by atoms with Crippen molar-refractivity contribution in [2.45, 2.75) is 58.2 Å². The zero-order valence-corrected chi connectivity index (χ0v) is 20.4. The van der Waals surface area contributed by atoms with Crippen molar-refractivity contribution in [2.75, 3.05) is 0 Å². The molecule has 1 amide bonds. The van der Waals surface area contributed by atoms with Crippen molar-refractivity contribution in [1.82, 2.24) is 29.9 Å². The van der Waals surface area contributed by atoms with Gasteiger partial charge in [-0.15, -0.1) is 13.2 Å². The van der Waals surface area contributed by atoms with Crippen LogP contribution in [0.2, 0.25) is 0 Å². The fraction of sp³-hybridized carbons (Fsp3) is 0.360. The summed E-state index contributed by atoms with van der Waals surface area (Å²) in [5.74, 6) is -0.347. The van der Waals surface area contributed by atoms with E-state index in [0.29, 0.717) is 28.5 Å². The van der Waals surface area contributed by atoms with Gasteiger partial charge in [-0.3, -0.25) is 4.68 Å². The quantitative estimate of drug-likeness (QED) is 0.363. The minimum absolute atomic E-state index is 0.0448. The molecule has 4 aromatic rings. The zero-order chi connectivity index (χ0) is 26.4. The number of alkyl carbamates (subject to hydrolysis) is 1. The Bertz CT molecular complexity index is 1430. The van der Waals surface area contributed by atoms with Crippen molar-refractivity contribution >= 4 is 17.1 Å². The van der Waals surface area contributed by atoms with Crippen LogP contribution in [0.15, 0.2) is 48.9 Å². The van der Waals surface area contributed by atoms with Crippen LogP contribution in [0.5, 0.6) is 5.75 Å². The highest BCUT2D eigenvalue weighted by Crippen LogP contribution is 2.37. The Labute approximate surface area is 210 Å². The number of nitrogens with zero attached hydrogens (tertiary/aromatic N) is 5. The molecule has 1 fully saturated rings. The lowest BCUT2D eigenvalue weighted by Crippen LogP contribution is -2.32. The molecule has 1 aromatic carbocycles. The van der Waals surface area contributed by atoms with Crippen molar-refractivity contribution in [3.63, 3.8) is 0 Å². The van der Waals surface area contributed by atoms with Gasteiger partial charge < -0.3 is 14.8 Å². The van der Waals surface area contributed by atoms with Crippen LogP contribution < -0.4 is 10.1 Å². The van der Waals surface area contributed by atoms with Crippen LogP contribution in [0.4, 0.5) is 18.0 Å². The van der Waals surface area contributed by atoms with Crippen LogP contribution in [0.3, 0.4) is 0 Å². The van der Waals surface area contributed by atoms with E-state index in [-0.39, 0.29) is 12.3 Å². The molecule has 0 unspecified atom stereocenters. The predicted molar refractivity (Wildman–Crippen MR) is 128 cm³/mol. The molecule has 0 bridgehead atoms. The van der Waals surface area contributed by atoms with E-state index < -0.39 is 18.1 Å². The van der Waals surface area contributed by atoms with Gasteiger partial charge in [0.05, 0.1) is 35.6 Å². The van der Waals surface area contributed by atoms with Crippen LogP contribution in [0.1, 0.15) is 45.3 Å². The van der Waals surface area contributed by atoms with Gasteiger partial charge in [-0.05, 0) is 69.5 Å². The van der Waals surface area contributed by atoms with Gasteiger partial charge in [0.15, 0.2) is 5.65 Å². The highest BCUT2D eigenvalue weighted by atomic mass is 19.4. The Hall–Kier alpha value is -4.09. The lowest BCUT2D eigenvalue weighted by Gasteiger charge is -2.19. The molecule has 0 atom stereocenters. The normalized spacial score (nSPS) is 14.1. The molecule has 194 valence electrons. The second-order valence-corrected chi connectivity index (χ2v) is 9.75. The molecule has 5 rings (SSSR count). The average molecular weight is 515 g/mol. The van der Waals surface area contributed by atoms with Gasteiger partial charge in [-0.25, -0.2) is 14.5 Å². The number of carbonyl (C=O) groups is 1. The first kappa shape index (κ1) is 24.6. The summed E-state index contributed by atoms with van der Waals surface area (Å²) in [6.07, 6.45) is 2.17. The summed E-state index contributed by atoms with van der Waals surface area (Å²) in [6, 6.07) is 7.58. The van der Waals surface area contributed by atoms with Crippen LogP contribution in [-0.4, -0.2) is 42.6 Å². The molecule has 1 aliphatic carbocycles. The monoisotopic (exact) mass is 514 g/mol. The molecule has 0 radical (unpaired) electrons. The highest BCUT2D eigenvalue weighted by Gasteiger charge is 2.31. The Morgan fingerprint density at radius 1 is 1.14 bits per heavy atom. The third kappa shape index (κ3) is 5.68. The number of ether oxygens (including phenoxy) is 2. The second kappa shape index (κ2) is 9.09. The summed E-state index contributed by atoms with van der Waals surface area (Å²) >= 11 is 0. The van der Waals surface area contributed by atoms with Gasteiger partial charge in [-0.2, -0.15) is 10.2 Å². The molecule has 3 aromatic heterocycles. The number of rotatable bonds is 6. The molecule has 37 heavy (non-hydrogen) atoms. The van der Waals surface area contributed by atoms with E-state index in [0.717, 1.165) is 24.0 Å². The van der Waals surface area contributed by atoms with E-state index in [2.05, 4.69) is 25.2 Å². The molecule has 0 saturated heterocycles. The Morgan fingerprint density at radius 3 is 2.51 bits per heavy atom. The van der Waals surface area contributed by atoms with E-state index in [1.165, 1.54) is 28.9 Å². The summed E-state index contributed by atoms with van der Waals surface area (Å²) in [5, 5.41) is 12.6. The van der Waals surface area contributed by atoms with Crippen molar-refractivity contribution < 1.29 is 27.4 Å². The Kier molecular flexibility index (Phi) is 6.04. The number of fused-ring (bicyclic) bond motifs is 1. The smallest absolute Gasteiger partial charge is 0.444 e. The van der Waals surface area contributed by atoms with E-state index in [4.69, 9.17) is 4.74 Å². The first-order chi connectivity index (χ1) is 17.5. The fourth-order valence-electron chi connectivity index (χ4n) is 3.93. The first-order valence-corrected chi connectivity index (χ1v) is 11.7. The number of benzene rings is 1. The topological polar surface area (TPSA) is 96.1 Å². The predicted octanol–water partition coefficient (Wildman–Crippen LogP) is 5.54. The average Bonchev–Trinajstić information content (AvgIpc) is 3.41. The molecule has 1 saturated carbocycles. The Balaban J connectivity index is 1.55. The number of amides is 1. The number of pyridine rings is 1. The number of nitrogens with one attached hydrogen (secondary N) is 1. The molecular weight excluding hydrogens is 489 g/mol. The number of carbonyl (C=O) groups excluding carboxylic acids is 1. The lowest BCUT2D eigenvalue weighted by atomic mass is 10.1. The van der Waals surface area contributed by atoms with Gasteiger partial charge in [-0.1, -0.05) is 0 Å². The van der Waals surface area contributed by atoms with Crippen molar-refractivity contribution in [3.8, 4) is 22.6 Å². The molecule has 1 aliphatic rings. The summed E-state index contributed by atoms with van der Waals surface area (Å²) in [6.45, 7) is 5.34. The number of hydrogen-bond acceptors (Lipinski definition) is 6. The number of alkyl halides is 3. The van der Waals surface area contributed by atoms with Crippen LogP contribution in [0.25, 0.3) is 27.8 Å². The SMILES string of the molecule is CC(C)(C)OC(=O)NCc1nn(-c2ccc(OC(F)(F)F)cc2)c2nccc(-c3cnn(C4CC4)c3)c12. The molecule has 12 heteroatoms. The minimum atomic E-state index is -4.79. The highest BCUT2D eigenvalue weighted by molar-refractivity contribution is 5.95. The summed E-state index contributed by atoms with van der Waals surface area (Å²) in [7, 11) is 0. The first-order valence-electron chi connectivity index (χ1n) is 11.7. The van der Waals surface area contributed by atoms with Gasteiger partial charge in [0.2, 0.25) is 0 Å². The molecular formula is C25H25F3N6O3. The largest absolute Gasteiger partial charge is 0.573 e. The maximum atomic E-state index is 12.6. The van der Waals surface area contributed by atoms with E-state index in [1.54, 1.807) is 33.2 Å². The summed E-state index contributed by atoms with van der Waals surface area (Å²) in [4.78, 5) is 16.8. The second-order valence-electron chi connectivity index (χ2n) is 9.75.